The Labute approximate surface area is 185 Å². The number of rotatable bonds is 5. The summed E-state index contributed by atoms with van der Waals surface area (Å²) in [6.45, 7) is 3.66. The standard InChI is InChI=1S/C24H22N4O4/c1-14-4-3-5-18(22(14)28-23(30)16-8-10-25-11-9-16)24(31)26-15(2)17-6-7-20-19(12-17)27-21(29)13-32-20/h3-12,15H,13H2,1-2H3,(H,26,31)(H,27,29)(H,28,30). The average Bonchev–Trinajstić information content (AvgIpc) is 2.80. The number of aromatic nitrogens is 1. The Morgan fingerprint density at radius 2 is 1.88 bits per heavy atom. The van der Waals surface area contributed by atoms with E-state index in [1.807, 2.05) is 26.0 Å². The highest BCUT2D eigenvalue weighted by Crippen LogP contribution is 2.31. The van der Waals surface area contributed by atoms with Crippen molar-refractivity contribution in [3.05, 3.63) is 83.2 Å². The van der Waals surface area contributed by atoms with E-state index in [2.05, 4.69) is 20.9 Å². The maximum Gasteiger partial charge on any atom is 0.262 e. The highest BCUT2D eigenvalue weighted by Gasteiger charge is 2.21. The second-order valence-electron chi connectivity index (χ2n) is 7.48. The summed E-state index contributed by atoms with van der Waals surface area (Å²) in [7, 11) is 0. The molecule has 0 radical (unpaired) electrons. The monoisotopic (exact) mass is 430 g/mol. The van der Waals surface area contributed by atoms with Gasteiger partial charge >= 0.3 is 0 Å². The van der Waals surface area contributed by atoms with Crippen LogP contribution in [0.4, 0.5) is 11.4 Å². The van der Waals surface area contributed by atoms with Crippen LogP contribution in [0.25, 0.3) is 0 Å². The molecule has 0 bridgehead atoms. The van der Waals surface area contributed by atoms with Crippen molar-refractivity contribution in [1.82, 2.24) is 10.3 Å². The van der Waals surface area contributed by atoms with Gasteiger partial charge in [-0.2, -0.15) is 0 Å². The quantitative estimate of drug-likeness (QED) is 0.574. The Hall–Kier alpha value is -4.20. The van der Waals surface area contributed by atoms with E-state index in [0.717, 1.165) is 11.1 Å². The highest BCUT2D eigenvalue weighted by atomic mass is 16.5. The Bertz CT molecular complexity index is 1190. The number of hydrogen-bond donors (Lipinski definition) is 3. The third-order valence-corrected chi connectivity index (χ3v) is 5.18. The Morgan fingerprint density at radius 1 is 1.09 bits per heavy atom. The summed E-state index contributed by atoms with van der Waals surface area (Å²) < 4.78 is 5.38. The van der Waals surface area contributed by atoms with Crippen molar-refractivity contribution < 1.29 is 19.1 Å². The SMILES string of the molecule is Cc1cccc(C(=O)NC(C)c2ccc3c(c2)NC(=O)CO3)c1NC(=O)c1ccncc1. The fraction of sp³-hybridized carbons (Fsp3) is 0.167. The molecule has 162 valence electrons. The number of ether oxygens (including phenoxy) is 1. The van der Waals surface area contributed by atoms with Gasteiger partial charge in [-0.05, 0) is 55.3 Å². The van der Waals surface area contributed by atoms with E-state index in [1.165, 1.54) is 12.4 Å². The third kappa shape index (κ3) is 4.44. The van der Waals surface area contributed by atoms with Gasteiger partial charge in [0.25, 0.3) is 17.7 Å². The van der Waals surface area contributed by atoms with Gasteiger partial charge in [-0.25, -0.2) is 0 Å². The van der Waals surface area contributed by atoms with Crippen LogP contribution in [0.5, 0.6) is 5.75 Å². The molecule has 2 heterocycles. The van der Waals surface area contributed by atoms with E-state index in [9.17, 15) is 14.4 Å². The fourth-order valence-corrected chi connectivity index (χ4v) is 3.44. The van der Waals surface area contributed by atoms with Gasteiger partial charge in [0.2, 0.25) is 0 Å². The van der Waals surface area contributed by atoms with Crippen molar-refractivity contribution in [2.24, 2.45) is 0 Å². The predicted octanol–water partition coefficient (Wildman–Crippen LogP) is 3.46. The van der Waals surface area contributed by atoms with E-state index in [0.29, 0.717) is 28.3 Å². The number of para-hydroxylation sites is 1. The largest absolute Gasteiger partial charge is 0.482 e. The van der Waals surface area contributed by atoms with Gasteiger partial charge in [-0.15, -0.1) is 0 Å². The number of pyridine rings is 1. The smallest absolute Gasteiger partial charge is 0.262 e. The lowest BCUT2D eigenvalue weighted by Crippen LogP contribution is -2.29. The van der Waals surface area contributed by atoms with Gasteiger partial charge in [-0.3, -0.25) is 19.4 Å². The zero-order valence-corrected chi connectivity index (χ0v) is 17.6. The first kappa shape index (κ1) is 21.0. The van der Waals surface area contributed by atoms with E-state index in [-0.39, 0.29) is 30.4 Å². The van der Waals surface area contributed by atoms with Crippen LogP contribution >= 0.6 is 0 Å². The molecule has 1 aliphatic rings. The molecule has 3 amide bonds. The Kier molecular flexibility index (Phi) is 5.85. The molecular weight excluding hydrogens is 408 g/mol. The van der Waals surface area contributed by atoms with Crippen LogP contribution in [0.15, 0.2) is 60.9 Å². The van der Waals surface area contributed by atoms with Crippen molar-refractivity contribution in [3.63, 3.8) is 0 Å². The average molecular weight is 430 g/mol. The van der Waals surface area contributed by atoms with Crippen LogP contribution in [-0.4, -0.2) is 29.3 Å². The first-order valence-corrected chi connectivity index (χ1v) is 10.1. The second-order valence-corrected chi connectivity index (χ2v) is 7.48. The lowest BCUT2D eigenvalue weighted by Gasteiger charge is -2.21. The summed E-state index contributed by atoms with van der Waals surface area (Å²) in [6, 6.07) is 13.5. The summed E-state index contributed by atoms with van der Waals surface area (Å²) >= 11 is 0. The summed E-state index contributed by atoms with van der Waals surface area (Å²) in [4.78, 5) is 41.2. The summed E-state index contributed by atoms with van der Waals surface area (Å²) in [5.41, 5.74) is 3.39. The van der Waals surface area contributed by atoms with Crippen LogP contribution in [0.1, 0.15) is 44.8 Å². The Balaban J connectivity index is 1.54. The zero-order valence-electron chi connectivity index (χ0n) is 17.6. The van der Waals surface area contributed by atoms with Crippen molar-refractivity contribution in [3.8, 4) is 5.75 Å². The summed E-state index contributed by atoms with van der Waals surface area (Å²) in [5.74, 6) is -0.286. The molecule has 0 fully saturated rings. The molecule has 3 aromatic rings. The molecule has 1 unspecified atom stereocenters. The van der Waals surface area contributed by atoms with Crippen molar-refractivity contribution in [2.45, 2.75) is 19.9 Å². The summed E-state index contributed by atoms with van der Waals surface area (Å²) in [6.07, 6.45) is 3.07. The summed E-state index contributed by atoms with van der Waals surface area (Å²) in [5, 5.41) is 8.57. The van der Waals surface area contributed by atoms with Crippen molar-refractivity contribution >= 4 is 29.1 Å². The van der Waals surface area contributed by atoms with Crippen LogP contribution < -0.4 is 20.7 Å². The molecule has 2 aromatic carbocycles. The van der Waals surface area contributed by atoms with E-state index in [4.69, 9.17) is 4.74 Å². The van der Waals surface area contributed by atoms with E-state index < -0.39 is 0 Å². The van der Waals surface area contributed by atoms with Crippen LogP contribution in [-0.2, 0) is 4.79 Å². The molecule has 32 heavy (non-hydrogen) atoms. The molecule has 0 saturated carbocycles. The maximum absolute atomic E-state index is 13.1. The number of carbonyl (C=O) groups is 3. The van der Waals surface area contributed by atoms with E-state index >= 15 is 0 Å². The minimum Gasteiger partial charge on any atom is -0.482 e. The molecule has 4 rings (SSSR count). The third-order valence-electron chi connectivity index (χ3n) is 5.18. The van der Waals surface area contributed by atoms with Crippen LogP contribution in [0.2, 0.25) is 0 Å². The molecule has 1 aromatic heterocycles. The number of hydrogen-bond acceptors (Lipinski definition) is 5. The van der Waals surface area contributed by atoms with Gasteiger partial charge in [-0.1, -0.05) is 18.2 Å². The normalized spacial score (nSPS) is 13.2. The van der Waals surface area contributed by atoms with Gasteiger partial charge in [0.05, 0.1) is 23.0 Å². The molecule has 8 nitrogen and oxygen atoms in total. The minimum atomic E-state index is -0.351. The number of nitrogens with zero attached hydrogens (tertiary/aromatic N) is 1. The number of carbonyl (C=O) groups excluding carboxylic acids is 3. The van der Waals surface area contributed by atoms with Crippen molar-refractivity contribution in [2.75, 3.05) is 17.2 Å². The first-order valence-electron chi connectivity index (χ1n) is 10.1. The topological polar surface area (TPSA) is 109 Å². The van der Waals surface area contributed by atoms with E-state index in [1.54, 1.807) is 36.4 Å². The van der Waals surface area contributed by atoms with Crippen LogP contribution in [0, 0.1) is 6.92 Å². The number of amides is 3. The predicted molar refractivity (Wildman–Crippen MR) is 120 cm³/mol. The molecule has 3 N–H and O–H groups in total. The molecule has 0 aliphatic carbocycles. The van der Waals surface area contributed by atoms with Gasteiger partial charge in [0.15, 0.2) is 6.61 Å². The lowest BCUT2D eigenvalue weighted by atomic mass is 10.0. The molecule has 1 aliphatic heterocycles. The van der Waals surface area contributed by atoms with Crippen molar-refractivity contribution in [1.29, 1.82) is 0 Å². The molecule has 0 saturated heterocycles. The number of aryl methyl sites for hydroxylation is 1. The second kappa shape index (κ2) is 8.89. The number of fused-ring (bicyclic) bond motifs is 1. The first-order chi connectivity index (χ1) is 15.4. The molecule has 0 spiro atoms. The zero-order chi connectivity index (χ0) is 22.7. The molecular formula is C24H22N4O4. The maximum atomic E-state index is 13.1. The highest BCUT2D eigenvalue weighted by molar-refractivity contribution is 6.09. The minimum absolute atomic E-state index is 0.0139. The molecule has 8 heteroatoms. The van der Waals surface area contributed by atoms with Crippen LogP contribution in [0.3, 0.4) is 0 Å². The number of anilines is 2. The fourth-order valence-electron chi connectivity index (χ4n) is 3.44. The Morgan fingerprint density at radius 3 is 2.66 bits per heavy atom. The number of nitrogens with one attached hydrogen (secondary N) is 3. The van der Waals surface area contributed by atoms with Gasteiger partial charge in [0, 0.05) is 18.0 Å². The van der Waals surface area contributed by atoms with Gasteiger partial charge in [0.1, 0.15) is 5.75 Å². The lowest BCUT2D eigenvalue weighted by molar-refractivity contribution is -0.118. The number of benzene rings is 2. The van der Waals surface area contributed by atoms with Gasteiger partial charge < -0.3 is 20.7 Å². The molecule has 1 atom stereocenters.